The number of nitrogens with zero attached hydrogens (tertiary/aromatic N) is 2. The largest absolute Gasteiger partial charge is 0.493 e. The van der Waals surface area contributed by atoms with Crippen LogP contribution in [0.3, 0.4) is 0 Å². The highest BCUT2D eigenvalue weighted by Gasteiger charge is 2.32. The highest BCUT2D eigenvalue weighted by atomic mass is 35.5. The first-order valence-corrected chi connectivity index (χ1v) is 8.34. The Morgan fingerprint density at radius 3 is 2.38 bits per heavy atom. The van der Waals surface area contributed by atoms with E-state index >= 15 is 0 Å². The number of hydrogen-bond acceptors (Lipinski definition) is 5. The van der Waals surface area contributed by atoms with Crippen molar-refractivity contribution in [2.24, 2.45) is 5.73 Å². The van der Waals surface area contributed by atoms with Crippen LogP contribution in [-0.2, 0) is 11.3 Å². The van der Waals surface area contributed by atoms with Gasteiger partial charge < -0.3 is 15.2 Å². The Kier molecular flexibility index (Phi) is 6.96. The van der Waals surface area contributed by atoms with Crippen LogP contribution in [0.15, 0.2) is 12.1 Å². The third-order valence-electron chi connectivity index (χ3n) is 3.92. The van der Waals surface area contributed by atoms with Crippen LogP contribution >= 0.6 is 11.6 Å². The summed E-state index contributed by atoms with van der Waals surface area (Å²) in [4.78, 5) is 14.3. The first-order valence-electron chi connectivity index (χ1n) is 7.97. The Labute approximate surface area is 154 Å². The standard InChI is InChI=1S/C16H21ClF3N3O3/c1-25-13-7-11(6-12(17)15(13)26-9-14(21)24)8-22-2-4-23(5-3-22)10-16(18,19)20/h6-7H,2-5,8-10H2,1H3,(H2,21,24). The van der Waals surface area contributed by atoms with Gasteiger partial charge in [0, 0.05) is 32.7 Å². The van der Waals surface area contributed by atoms with Crippen molar-refractivity contribution in [3.63, 3.8) is 0 Å². The van der Waals surface area contributed by atoms with E-state index in [1.807, 2.05) is 4.90 Å². The molecule has 0 radical (unpaired) electrons. The van der Waals surface area contributed by atoms with E-state index in [4.69, 9.17) is 26.8 Å². The van der Waals surface area contributed by atoms with Crippen LogP contribution < -0.4 is 15.2 Å². The molecule has 0 aliphatic carbocycles. The first kappa shape index (κ1) is 20.6. The molecule has 2 rings (SSSR count). The van der Waals surface area contributed by atoms with Crippen LogP contribution in [0.4, 0.5) is 13.2 Å². The van der Waals surface area contributed by atoms with Crippen molar-refractivity contribution in [1.29, 1.82) is 0 Å². The van der Waals surface area contributed by atoms with Crippen molar-refractivity contribution in [2.75, 3.05) is 46.4 Å². The number of rotatable bonds is 7. The molecular formula is C16H21ClF3N3O3. The number of carbonyl (C=O) groups is 1. The van der Waals surface area contributed by atoms with Gasteiger partial charge in [-0.05, 0) is 17.7 Å². The first-order chi connectivity index (χ1) is 12.2. The molecular weight excluding hydrogens is 375 g/mol. The lowest BCUT2D eigenvalue weighted by Gasteiger charge is -2.35. The van der Waals surface area contributed by atoms with Crippen molar-refractivity contribution in [2.45, 2.75) is 12.7 Å². The molecule has 0 atom stereocenters. The van der Waals surface area contributed by atoms with E-state index < -0.39 is 18.6 Å². The van der Waals surface area contributed by atoms with Gasteiger partial charge in [0.2, 0.25) is 0 Å². The highest BCUT2D eigenvalue weighted by molar-refractivity contribution is 6.32. The summed E-state index contributed by atoms with van der Waals surface area (Å²) < 4.78 is 47.8. The summed E-state index contributed by atoms with van der Waals surface area (Å²) >= 11 is 6.20. The molecule has 1 aromatic rings. The van der Waals surface area contributed by atoms with Gasteiger partial charge in [0.05, 0.1) is 18.7 Å². The van der Waals surface area contributed by atoms with Crippen LogP contribution in [0.2, 0.25) is 5.02 Å². The van der Waals surface area contributed by atoms with E-state index in [0.29, 0.717) is 38.5 Å². The minimum Gasteiger partial charge on any atom is -0.493 e. The number of methoxy groups -OCH3 is 1. The monoisotopic (exact) mass is 395 g/mol. The fraction of sp³-hybridized carbons (Fsp3) is 0.562. The smallest absolute Gasteiger partial charge is 0.401 e. The normalized spacial score (nSPS) is 16.5. The van der Waals surface area contributed by atoms with Gasteiger partial charge >= 0.3 is 6.18 Å². The predicted octanol–water partition coefficient (Wildman–Crippen LogP) is 1.89. The Hall–Kier alpha value is -1.71. The molecule has 1 aromatic carbocycles. The van der Waals surface area contributed by atoms with E-state index in [0.717, 1.165) is 5.56 Å². The lowest BCUT2D eigenvalue weighted by atomic mass is 10.1. The van der Waals surface area contributed by atoms with E-state index in [-0.39, 0.29) is 17.4 Å². The summed E-state index contributed by atoms with van der Waals surface area (Å²) in [6, 6.07) is 3.41. The van der Waals surface area contributed by atoms with Crippen LogP contribution in [0.25, 0.3) is 0 Å². The number of carbonyl (C=O) groups excluding carboxylic acids is 1. The number of ether oxygens (including phenoxy) is 2. The van der Waals surface area contributed by atoms with E-state index in [9.17, 15) is 18.0 Å². The molecule has 0 bridgehead atoms. The fourth-order valence-electron chi connectivity index (χ4n) is 2.77. The Morgan fingerprint density at radius 1 is 1.23 bits per heavy atom. The molecule has 2 N–H and O–H groups in total. The zero-order valence-corrected chi connectivity index (χ0v) is 15.1. The average Bonchev–Trinajstić information content (AvgIpc) is 2.53. The zero-order chi connectivity index (χ0) is 19.3. The van der Waals surface area contributed by atoms with Gasteiger partial charge in [-0.3, -0.25) is 14.6 Å². The maximum absolute atomic E-state index is 12.4. The van der Waals surface area contributed by atoms with E-state index in [2.05, 4.69) is 0 Å². The van der Waals surface area contributed by atoms with Gasteiger partial charge in [0.1, 0.15) is 0 Å². The number of halogens is 4. The third kappa shape index (κ3) is 6.22. The molecule has 1 fully saturated rings. The second kappa shape index (κ2) is 8.79. The van der Waals surface area contributed by atoms with Gasteiger partial charge in [-0.15, -0.1) is 0 Å². The van der Waals surface area contributed by atoms with E-state index in [1.165, 1.54) is 12.0 Å². The number of benzene rings is 1. The third-order valence-corrected chi connectivity index (χ3v) is 4.20. The Bertz CT molecular complexity index is 635. The SMILES string of the molecule is COc1cc(CN2CCN(CC(F)(F)F)CC2)cc(Cl)c1OCC(N)=O. The molecule has 6 nitrogen and oxygen atoms in total. The number of amides is 1. The van der Waals surface area contributed by atoms with Crippen LogP contribution in [-0.4, -0.2) is 68.3 Å². The molecule has 1 heterocycles. The highest BCUT2D eigenvalue weighted by Crippen LogP contribution is 2.36. The molecule has 0 saturated carbocycles. The average molecular weight is 396 g/mol. The van der Waals surface area contributed by atoms with Crippen LogP contribution in [0.1, 0.15) is 5.56 Å². The molecule has 0 aromatic heterocycles. The molecule has 1 saturated heterocycles. The van der Waals surface area contributed by atoms with Gasteiger partial charge in [-0.1, -0.05) is 11.6 Å². The fourth-order valence-corrected chi connectivity index (χ4v) is 3.05. The summed E-state index contributed by atoms with van der Waals surface area (Å²) in [5.74, 6) is -0.0416. The van der Waals surface area contributed by atoms with Gasteiger partial charge in [-0.2, -0.15) is 13.2 Å². The van der Waals surface area contributed by atoms with Gasteiger partial charge in [0.25, 0.3) is 5.91 Å². The number of nitrogens with two attached hydrogens (primary N) is 1. The second-order valence-corrected chi connectivity index (χ2v) is 6.44. The van der Waals surface area contributed by atoms with Crippen molar-refractivity contribution >= 4 is 17.5 Å². The van der Waals surface area contributed by atoms with Crippen molar-refractivity contribution in [3.05, 3.63) is 22.7 Å². The molecule has 1 aliphatic rings. The molecule has 1 amide bonds. The van der Waals surface area contributed by atoms with Gasteiger partial charge in [0.15, 0.2) is 18.1 Å². The molecule has 146 valence electrons. The summed E-state index contributed by atoms with van der Waals surface area (Å²) in [6.45, 7) is 1.06. The molecule has 0 unspecified atom stereocenters. The van der Waals surface area contributed by atoms with E-state index in [1.54, 1.807) is 12.1 Å². The lowest BCUT2D eigenvalue weighted by Crippen LogP contribution is -2.48. The quantitative estimate of drug-likeness (QED) is 0.763. The maximum atomic E-state index is 12.4. The Morgan fingerprint density at radius 2 is 1.85 bits per heavy atom. The number of alkyl halides is 3. The number of hydrogen-bond donors (Lipinski definition) is 1. The minimum absolute atomic E-state index is 0.228. The van der Waals surface area contributed by atoms with Gasteiger partial charge in [-0.25, -0.2) is 0 Å². The summed E-state index contributed by atoms with van der Waals surface area (Å²) in [5.41, 5.74) is 5.89. The summed E-state index contributed by atoms with van der Waals surface area (Å²) in [6.07, 6.45) is -4.18. The minimum atomic E-state index is -4.18. The molecule has 10 heteroatoms. The van der Waals surface area contributed by atoms with Crippen molar-refractivity contribution in [3.8, 4) is 11.5 Å². The summed E-state index contributed by atoms with van der Waals surface area (Å²) in [7, 11) is 1.45. The van der Waals surface area contributed by atoms with Crippen LogP contribution in [0.5, 0.6) is 11.5 Å². The Balaban J connectivity index is 1.98. The molecule has 26 heavy (non-hydrogen) atoms. The lowest BCUT2D eigenvalue weighted by molar-refractivity contribution is -0.149. The number of piperazine rings is 1. The second-order valence-electron chi connectivity index (χ2n) is 6.03. The molecule has 1 aliphatic heterocycles. The zero-order valence-electron chi connectivity index (χ0n) is 14.3. The predicted molar refractivity (Wildman–Crippen MR) is 90.5 cm³/mol. The number of primary amides is 1. The van der Waals surface area contributed by atoms with Crippen molar-refractivity contribution in [1.82, 2.24) is 9.80 Å². The molecule has 0 spiro atoms. The summed E-state index contributed by atoms with van der Waals surface area (Å²) in [5, 5.41) is 0.274. The van der Waals surface area contributed by atoms with Crippen LogP contribution in [0, 0.1) is 0 Å². The van der Waals surface area contributed by atoms with Crippen molar-refractivity contribution < 1.29 is 27.4 Å². The maximum Gasteiger partial charge on any atom is 0.401 e. The topological polar surface area (TPSA) is 68.0 Å².